The average molecular weight is 438 g/mol. The predicted octanol–water partition coefficient (Wildman–Crippen LogP) is 4.70. The molecule has 0 aliphatic rings. The Labute approximate surface area is 190 Å². The van der Waals surface area contributed by atoms with E-state index >= 15 is 0 Å². The van der Waals surface area contributed by atoms with Crippen LogP contribution in [0.4, 0.5) is 23.1 Å². The van der Waals surface area contributed by atoms with E-state index in [1.54, 1.807) is 6.07 Å². The molecule has 1 amide bonds. The minimum atomic E-state index is -0.0572. The smallest absolute Gasteiger partial charge is 0.224 e. The maximum Gasteiger partial charge on any atom is 0.224 e. The summed E-state index contributed by atoms with van der Waals surface area (Å²) in [5.74, 6) is 0.686. The number of anilines is 4. The highest BCUT2D eigenvalue weighted by molar-refractivity contribution is 5.98. The van der Waals surface area contributed by atoms with Crippen LogP contribution in [0, 0.1) is 0 Å². The number of carbonyl (C=O) groups is 1. The van der Waals surface area contributed by atoms with Gasteiger partial charge in [-0.25, -0.2) is 4.98 Å². The van der Waals surface area contributed by atoms with Crippen molar-refractivity contribution < 1.29 is 4.79 Å². The van der Waals surface area contributed by atoms with Gasteiger partial charge in [0.2, 0.25) is 11.9 Å². The number of aromatic nitrogens is 4. The number of rotatable bonds is 6. The van der Waals surface area contributed by atoms with Crippen molar-refractivity contribution in [3.63, 3.8) is 0 Å². The monoisotopic (exact) mass is 437 g/mol. The standard InChI is InChI=1S/C25H23N7O/c1-2-23(33)28-19-8-10-21-20(13-19)24(31-25(26)30-21)29-18-9-11-22-17(12-18)14-27-32(22)15-16-6-4-3-5-7-16/h3-14H,2,15H2,1H3,(H,28,33)(H3,26,29,30,31). The molecular weight excluding hydrogens is 414 g/mol. The SMILES string of the molecule is CCC(=O)Nc1ccc2nc(N)nc(Nc3ccc4c(cnn4Cc4ccccc4)c3)c2c1. The molecule has 3 aromatic carbocycles. The molecule has 0 radical (unpaired) electrons. The van der Waals surface area contributed by atoms with E-state index in [1.165, 1.54) is 5.56 Å². The van der Waals surface area contributed by atoms with E-state index in [1.807, 2.05) is 66.3 Å². The highest BCUT2D eigenvalue weighted by Gasteiger charge is 2.11. The van der Waals surface area contributed by atoms with E-state index in [2.05, 4.69) is 37.8 Å². The highest BCUT2D eigenvalue weighted by Crippen LogP contribution is 2.29. The van der Waals surface area contributed by atoms with Gasteiger partial charge < -0.3 is 16.4 Å². The topological polar surface area (TPSA) is 111 Å². The van der Waals surface area contributed by atoms with Gasteiger partial charge in [0.1, 0.15) is 5.82 Å². The van der Waals surface area contributed by atoms with Gasteiger partial charge in [0.05, 0.1) is 23.8 Å². The Balaban J connectivity index is 1.46. The Morgan fingerprint density at radius 3 is 2.64 bits per heavy atom. The molecule has 0 bridgehead atoms. The van der Waals surface area contributed by atoms with Gasteiger partial charge in [0, 0.05) is 28.6 Å². The summed E-state index contributed by atoms with van der Waals surface area (Å²) in [6.07, 6.45) is 2.26. The molecule has 0 aliphatic heterocycles. The van der Waals surface area contributed by atoms with Crippen LogP contribution < -0.4 is 16.4 Å². The molecule has 0 aliphatic carbocycles. The normalized spacial score (nSPS) is 11.1. The number of amides is 1. The van der Waals surface area contributed by atoms with Crippen molar-refractivity contribution in [2.24, 2.45) is 0 Å². The summed E-state index contributed by atoms with van der Waals surface area (Å²) in [7, 11) is 0. The molecule has 5 rings (SSSR count). The zero-order chi connectivity index (χ0) is 22.8. The maximum absolute atomic E-state index is 11.8. The Morgan fingerprint density at radius 1 is 1.00 bits per heavy atom. The highest BCUT2D eigenvalue weighted by atomic mass is 16.1. The number of carbonyl (C=O) groups excluding carboxylic acids is 1. The Hall–Kier alpha value is -4.46. The van der Waals surface area contributed by atoms with Crippen LogP contribution in [0.25, 0.3) is 21.8 Å². The van der Waals surface area contributed by atoms with Crippen LogP contribution in [-0.2, 0) is 11.3 Å². The van der Waals surface area contributed by atoms with Crippen molar-refractivity contribution in [1.29, 1.82) is 0 Å². The van der Waals surface area contributed by atoms with Gasteiger partial charge in [0.15, 0.2) is 0 Å². The van der Waals surface area contributed by atoms with Crippen LogP contribution in [0.15, 0.2) is 72.9 Å². The fourth-order valence-electron chi connectivity index (χ4n) is 3.75. The first kappa shape index (κ1) is 20.4. The molecule has 2 aromatic heterocycles. The lowest BCUT2D eigenvalue weighted by atomic mass is 10.2. The molecule has 0 fully saturated rings. The van der Waals surface area contributed by atoms with Crippen molar-refractivity contribution in [3.05, 3.63) is 78.5 Å². The van der Waals surface area contributed by atoms with Crippen molar-refractivity contribution in [1.82, 2.24) is 19.7 Å². The number of nitrogens with one attached hydrogen (secondary N) is 2. The van der Waals surface area contributed by atoms with Gasteiger partial charge in [-0.15, -0.1) is 0 Å². The maximum atomic E-state index is 11.8. The van der Waals surface area contributed by atoms with Gasteiger partial charge in [0.25, 0.3) is 0 Å². The molecule has 4 N–H and O–H groups in total. The number of hydrogen-bond donors (Lipinski definition) is 3. The van der Waals surface area contributed by atoms with Crippen molar-refractivity contribution in [2.45, 2.75) is 19.9 Å². The molecule has 0 saturated carbocycles. The van der Waals surface area contributed by atoms with Crippen LogP contribution in [0.3, 0.4) is 0 Å². The summed E-state index contributed by atoms with van der Waals surface area (Å²) < 4.78 is 1.98. The zero-order valence-corrected chi connectivity index (χ0v) is 18.1. The van der Waals surface area contributed by atoms with Crippen molar-refractivity contribution in [3.8, 4) is 0 Å². The van der Waals surface area contributed by atoms with E-state index in [0.717, 1.165) is 22.0 Å². The lowest BCUT2D eigenvalue weighted by Crippen LogP contribution is -2.09. The first-order chi connectivity index (χ1) is 16.1. The third kappa shape index (κ3) is 4.31. The summed E-state index contributed by atoms with van der Waals surface area (Å²) in [4.78, 5) is 20.5. The van der Waals surface area contributed by atoms with E-state index in [4.69, 9.17) is 5.73 Å². The van der Waals surface area contributed by atoms with Crippen LogP contribution in [0.2, 0.25) is 0 Å². The van der Waals surface area contributed by atoms with E-state index < -0.39 is 0 Å². The summed E-state index contributed by atoms with van der Waals surface area (Å²) in [6, 6.07) is 21.8. The molecule has 0 spiro atoms. The first-order valence-corrected chi connectivity index (χ1v) is 10.7. The van der Waals surface area contributed by atoms with Gasteiger partial charge in [-0.1, -0.05) is 37.3 Å². The molecule has 5 aromatic rings. The number of fused-ring (bicyclic) bond motifs is 2. The van der Waals surface area contributed by atoms with Crippen molar-refractivity contribution >= 4 is 50.9 Å². The molecular formula is C25H23N7O. The second kappa shape index (κ2) is 8.58. The quantitative estimate of drug-likeness (QED) is 0.355. The number of nitrogen functional groups attached to an aromatic ring is 1. The van der Waals surface area contributed by atoms with Crippen molar-refractivity contribution in [2.75, 3.05) is 16.4 Å². The average Bonchev–Trinajstić information content (AvgIpc) is 3.21. The molecule has 2 heterocycles. The second-order valence-corrected chi connectivity index (χ2v) is 7.75. The summed E-state index contributed by atoms with van der Waals surface area (Å²) in [5, 5.41) is 12.6. The van der Waals surface area contributed by atoms with Gasteiger partial charge in [-0.2, -0.15) is 10.1 Å². The lowest BCUT2D eigenvalue weighted by molar-refractivity contribution is -0.115. The summed E-state index contributed by atoms with van der Waals surface area (Å²) in [5.41, 5.74) is 10.4. The molecule has 8 nitrogen and oxygen atoms in total. The number of hydrogen-bond acceptors (Lipinski definition) is 6. The molecule has 0 atom stereocenters. The fraction of sp³-hybridized carbons (Fsp3) is 0.120. The predicted molar refractivity (Wildman–Crippen MR) is 131 cm³/mol. The third-order valence-electron chi connectivity index (χ3n) is 5.40. The van der Waals surface area contributed by atoms with Crippen LogP contribution in [-0.4, -0.2) is 25.7 Å². The molecule has 33 heavy (non-hydrogen) atoms. The number of nitrogens with two attached hydrogens (primary N) is 1. The minimum Gasteiger partial charge on any atom is -0.368 e. The molecule has 164 valence electrons. The first-order valence-electron chi connectivity index (χ1n) is 10.7. The summed E-state index contributed by atoms with van der Waals surface area (Å²) in [6.45, 7) is 2.52. The lowest BCUT2D eigenvalue weighted by Gasteiger charge is -2.12. The van der Waals surface area contributed by atoms with Crippen LogP contribution in [0.1, 0.15) is 18.9 Å². The Kier molecular flexibility index (Phi) is 5.32. The third-order valence-corrected chi connectivity index (χ3v) is 5.40. The van der Waals surface area contributed by atoms with E-state index in [0.29, 0.717) is 30.0 Å². The van der Waals surface area contributed by atoms with Gasteiger partial charge >= 0.3 is 0 Å². The zero-order valence-electron chi connectivity index (χ0n) is 18.1. The number of benzene rings is 3. The van der Waals surface area contributed by atoms with Crippen LogP contribution >= 0.6 is 0 Å². The molecule has 0 unspecified atom stereocenters. The van der Waals surface area contributed by atoms with Crippen LogP contribution in [0.5, 0.6) is 0 Å². The van der Waals surface area contributed by atoms with E-state index in [-0.39, 0.29) is 11.9 Å². The van der Waals surface area contributed by atoms with E-state index in [9.17, 15) is 4.79 Å². The number of nitrogens with zero attached hydrogens (tertiary/aromatic N) is 4. The Bertz CT molecular complexity index is 1460. The minimum absolute atomic E-state index is 0.0572. The second-order valence-electron chi connectivity index (χ2n) is 7.75. The molecule has 0 saturated heterocycles. The van der Waals surface area contributed by atoms with Gasteiger partial charge in [-0.05, 0) is 42.0 Å². The largest absolute Gasteiger partial charge is 0.368 e. The Morgan fingerprint density at radius 2 is 1.82 bits per heavy atom. The van der Waals surface area contributed by atoms with Gasteiger partial charge in [-0.3, -0.25) is 9.48 Å². The molecule has 8 heteroatoms. The summed E-state index contributed by atoms with van der Waals surface area (Å²) >= 11 is 0. The fourth-order valence-corrected chi connectivity index (χ4v) is 3.75.